The molecule has 264 valence electrons. The van der Waals surface area contributed by atoms with Gasteiger partial charge in [0.1, 0.15) is 0 Å². The molecule has 0 atom stereocenters. The molecular weight excluding hydrogens is 751 g/mol. The van der Waals surface area contributed by atoms with Crippen LogP contribution in [0.2, 0.25) is 0 Å². The largest absolute Gasteiger partial charge is 0.147 e. The molecule has 0 bridgehead atoms. The van der Waals surface area contributed by atoms with Gasteiger partial charge in [-0.25, -0.2) is 0 Å². The van der Waals surface area contributed by atoms with Gasteiger partial charge in [0.15, 0.2) is 0 Å². The zero-order chi connectivity index (χ0) is 34.9. The maximum absolute atomic E-state index is 2.99. The van der Waals surface area contributed by atoms with Crippen LogP contribution in [0.4, 0.5) is 0 Å². The van der Waals surface area contributed by atoms with Crippen LogP contribution in [-0.2, 0) is 38.5 Å². The molecular formula is C49H50Cl2Zr. The molecule has 0 heterocycles. The molecule has 0 unspecified atom stereocenters. The second-order valence-corrected chi connectivity index (χ2v) is 22.5. The number of fused-ring (bicyclic) bond motifs is 5. The smallest absolute Gasteiger partial charge is 0.147 e. The first kappa shape index (κ1) is 38.4. The predicted molar refractivity (Wildman–Crippen MR) is 229 cm³/mol. The van der Waals surface area contributed by atoms with E-state index in [1.165, 1.54) is 71.6 Å². The molecule has 0 nitrogen and oxygen atoms in total. The minimum atomic E-state index is -2.99. The molecule has 8 rings (SSSR count). The van der Waals surface area contributed by atoms with E-state index in [1.807, 2.05) is 0 Å². The average molecular weight is 801 g/mol. The SMILES string of the molecule is Cc1cc2c(cc1C(C)(C)C)-c1cc(C(C)(C)C)c(C)[c]([Zr]([C]3=CC=CC3)=[C](c3cccc4ccccc34)c3cccc4ccccc34)c1C2.Cl.Cl. The number of rotatable bonds is 4. The van der Waals surface area contributed by atoms with Crippen molar-refractivity contribution in [2.24, 2.45) is 0 Å². The Kier molecular flexibility index (Phi) is 10.7. The van der Waals surface area contributed by atoms with Gasteiger partial charge in [0.05, 0.1) is 0 Å². The fourth-order valence-corrected chi connectivity index (χ4v) is 17.5. The Morgan fingerprint density at radius 1 is 0.615 bits per heavy atom. The summed E-state index contributed by atoms with van der Waals surface area (Å²) in [7, 11) is 0. The van der Waals surface area contributed by atoms with Gasteiger partial charge in [-0.15, -0.1) is 24.8 Å². The number of benzene rings is 6. The molecule has 2 aliphatic carbocycles. The second-order valence-electron chi connectivity index (χ2n) is 16.6. The Hall–Kier alpha value is -3.35. The van der Waals surface area contributed by atoms with Crippen molar-refractivity contribution in [2.45, 2.75) is 79.1 Å². The van der Waals surface area contributed by atoms with Gasteiger partial charge < -0.3 is 0 Å². The summed E-state index contributed by atoms with van der Waals surface area (Å²) >= 11 is -2.99. The van der Waals surface area contributed by atoms with Crippen molar-refractivity contribution in [2.75, 3.05) is 0 Å². The van der Waals surface area contributed by atoms with E-state index in [9.17, 15) is 0 Å². The van der Waals surface area contributed by atoms with E-state index in [1.54, 1.807) is 15.3 Å². The molecule has 6 aromatic rings. The maximum atomic E-state index is 2.60. The van der Waals surface area contributed by atoms with Gasteiger partial charge in [0.2, 0.25) is 0 Å². The summed E-state index contributed by atoms with van der Waals surface area (Å²) in [4.78, 5) is 0. The molecule has 2 aliphatic rings. The molecule has 0 saturated carbocycles. The van der Waals surface area contributed by atoms with Crippen molar-refractivity contribution < 1.29 is 21.3 Å². The predicted octanol–water partition coefficient (Wildman–Crippen LogP) is 13.0. The summed E-state index contributed by atoms with van der Waals surface area (Å²) in [5.74, 6) is 0. The van der Waals surface area contributed by atoms with Gasteiger partial charge in [-0.1, -0.05) is 0 Å². The second kappa shape index (κ2) is 14.5. The van der Waals surface area contributed by atoms with E-state index in [4.69, 9.17) is 0 Å². The summed E-state index contributed by atoms with van der Waals surface area (Å²) in [6.45, 7) is 19.1. The van der Waals surface area contributed by atoms with Crippen molar-refractivity contribution in [3.05, 3.63) is 169 Å². The molecule has 0 aromatic heterocycles. The van der Waals surface area contributed by atoms with Crippen LogP contribution < -0.4 is 3.27 Å². The molecule has 0 saturated heterocycles. The summed E-state index contributed by atoms with van der Waals surface area (Å²) in [6.07, 6.45) is 9.29. The topological polar surface area (TPSA) is 0 Å². The Labute approximate surface area is 331 Å². The molecule has 0 amide bonds. The molecule has 52 heavy (non-hydrogen) atoms. The van der Waals surface area contributed by atoms with E-state index in [0.29, 0.717) is 0 Å². The Bertz CT molecular complexity index is 2370. The molecule has 0 aliphatic heterocycles. The Morgan fingerprint density at radius 3 is 1.69 bits per heavy atom. The Morgan fingerprint density at radius 2 is 1.15 bits per heavy atom. The molecule has 3 heteroatoms. The van der Waals surface area contributed by atoms with Gasteiger partial charge in [-0.3, -0.25) is 0 Å². The summed E-state index contributed by atoms with van der Waals surface area (Å²) < 4.78 is 4.98. The number of allylic oxidation sites excluding steroid dienone is 4. The zero-order valence-corrected chi connectivity index (χ0v) is 35.9. The summed E-state index contributed by atoms with van der Waals surface area (Å²) in [5.41, 5.74) is 14.9. The van der Waals surface area contributed by atoms with Crippen LogP contribution in [0.1, 0.15) is 92.5 Å². The number of hydrogen-bond donors (Lipinski definition) is 0. The number of halogens is 2. The van der Waals surface area contributed by atoms with Gasteiger partial charge >= 0.3 is 309 Å². The molecule has 0 fully saturated rings. The van der Waals surface area contributed by atoms with Crippen molar-refractivity contribution >= 4 is 52.8 Å². The molecule has 6 aromatic carbocycles. The van der Waals surface area contributed by atoms with Gasteiger partial charge in [0.25, 0.3) is 0 Å². The first-order valence-corrected chi connectivity index (χ1v) is 22.0. The fourth-order valence-electron chi connectivity index (χ4n) is 8.92. The van der Waals surface area contributed by atoms with E-state index < -0.39 is 21.3 Å². The van der Waals surface area contributed by atoms with E-state index in [-0.39, 0.29) is 35.6 Å². The fraction of sp³-hybridized carbons (Fsp3) is 0.245. The van der Waals surface area contributed by atoms with Crippen LogP contribution in [-0.4, -0.2) is 3.21 Å². The van der Waals surface area contributed by atoms with Crippen molar-refractivity contribution in [3.63, 3.8) is 0 Å². The van der Waals surface area contributed by atoms with E-state index in [0.717, 1.165) is 12.8 Å². The van der Waals surface area contributed by atoms with E-state index >= 15 is 0 Å². The van der Waals surface area contributed by atoms with Gasteiger partial charge in [0, 0.05) is 0 Å². The summed E-state index contributed by atoms with van der Waals surface area (Å²) in [6, 6.07) is 39.8. The van der Waals surface area contributed by atoms with Crippen LogP contribution in [0.15, 0.2) is 125 Å². The molecule has 0 spiro atoms. The zero-order valence-electron chi connectivity index (χ0n) is 31.8. The standard InChI is InChI=1S/C23H29.C21H14.C5H5.2ClH.Zr/c1-14-9-16-11-17-10-15(2)21(23(6,7)8)13-19(17)18(16)12-20(14)22(3,4)5;1-3-13-20-16(7-1)9-5-11-18(20)15-19-12-6-10-17-8-2-4-14-21(17)19;1-2-4-5-3-1;;;/h9,12-13H,11H2,1-8H3;1-14H;1-3H,4H2;2*1H;. The van der Waals surface area contributed by atoms with E-state index in [2.05, 4.69) is 177 Å². The quantitative estimate of drug-likeness (QED) is 0.166. The Balaban J connectivity index is 0.00000232. The van der Waals surface area contributed by atoms with Gasteiger partial charge in [-0.2, -0.15) is 0 Å². The van der Waals surface area contributed by atoms with Crippen molar-refractivity contribution in [3.8, 4) is 11.1 Å². The van der Waals surface area contributed by atoms with Crippen LogP contribution in [0.25, 0.3) is 32.7 Å². The number of aryl methyl sites for hydroxylation is 1. The third kappa shape index (κ3) is 6.57. The van der Waals surface area contributed by atoms with Crippen LogP contribution in [0, 0.1) is 13.8 Å². The molecule has 0 N–H and O–H groups in total. The monoisotopic (exact) mass is 798 g/mol. The minimum Gasteiger partial charge on any atom is -0.147 e. The van der Waals surface area contributed by atoms with Crippen LogP contribution in [0.3, 0.4) is 0 Å². The first-order valence-electron chi connectivity index (χ1n) is 18.3. The average Bonchev–Trinajstić information content (AvgIpc) is 3.74. The van der Waals surface area contributed by atoms with Crippen molar-refractivity contribution in [1.29, 1.82) is 0 Å². The van der Waals surface area contributed by atoms with Gasteiger partial charge in [-0.05, 0) is 0 Å². The maximum Gasteiger partial charge on any atom is -0.147 e. The minimum absolute atomic E-state index is 0. The summed E-state index contributed by atoms with van der Waals surface area (Å²) in [5, 5.41) is 5.34. The van der Waals surface area contributed by atoms with Crippen LogP contribution in [0.5, 0.6) is 0 Å². The molecule has 0 radical (unpaired) electrons. The number of hydrogen-bond acceptors (Lipinski definition) is 0. The third-order valence-corrected chi connectivity index (χ3v) is 19.1. The van der Waals surface area contributed by atoms with Crippen LogP contribution >= 0.6 is 24.8 Å². The van der Waals surface area contributed by atoms with Crippen molar-refractivity contribution in [1.82, 2.24) is 0 Å². The first-order chi connectivity index (χ1) is 23.9. The normalized spacial score (nSPS) is 13.3. The third-order valence-electron chi connectivity index (χ3n) is 11.1.